The molecule has 0 radical (unpaired) electrons. The van der Waals surface area contributed by atoms with Gasteiger partial charge in [0.15, 0.2) is 0 Å². The molecular weight excluding hydrogens is 199 g/mol. The first-order valence-corrected chi connectivity index (χ1v) is 5.42. The highest BCUT2D eigenvalue weighted by Gasteiger charge is 2.27. The van der Waals surface area contributed by atoms with Crippen LogP contribution in [0.15, 0.2) is 0 Å². The lowest BCUT2D eigenvalue weighted by Gasteiger charge is -2.14. The second-order valence-corrected chi connectivity index (χ2v) is 3.92. The van der Waals surface area contributed by atoms with Crippen molar-refractivity contribution in [1.29, 1.82) is 0 Å². The van der Waals surface area contributed by atoms with Gasteiger partial charge in [-0.25, -0.2) is 0 Å². The molecule has 13 heavy (non-hydrogen) atoms. The summed E-state index contributed by atoms with van der Waals surface area (Å²) >= 11 is 0.0340. The molecule has 0 bridgehead atoms. The van der Waals surface area contributed by atoms with E-state index in [2.05, 4.69) is 5.32 Å². The molecule has 0 saturated carbocycles. The fourth-order valence-corrected chi connectivity index (χ4v) is 1.46. The topological polar surface area (TPSA) is 12.0 Å². The van der Waals surface area contributed by atoms with Gasteiger partial charge < -0.3 is 5.32 Å². The molecule has 0 aromatic heterocycles. The third-order valence-electron chi connectivity index (χ3n) is 1.79. The summed E-state index contributed by atoms with van der Waals surface area (Å²) in [6, 6.07) is 0.355. The minimum Gasteiger partial charge on any atom is -0.313 e. The lowest BCUT2D eigenvalue weighted by molar-refractivity contribution is -0.0327. The molecule has 0 aromatic carbocycles. The smallest absolute Gasteiger partial charge is 0.313 e. The van der Waals surface area contributed by atoms with Crippen molar-refractivity contribution >= 4 is 11.8 Å². The lowest BCUT2D eigenvalue weighted by atomic mass is 10.2. The van der Waals surface area contributed by atoms with E-state index in [1.54, 1.807) is 0 Å². The van der Waals surface area contributed by atoms with E-state index in [-0.39, 0.29) is 17.5 Å². The molecule has 0 rings (SSSR count). The van der Waals surface area contributed by atoms with Crippen LogP contribution in [-0.2, 0) is 0 Å². The normalized spacial score (nSPS) is 12.5. The number of halogens is 3. The van der Waals surface area contributed by atoms with E-state index in [9.17, 15) is 13.2 Å². The van der Waals surface area contributed by atoms with Crippen LogP contribution in [0.3, 0.4) is 0 Å². The molecule has 0 heterocycles. The van der Waals surface area contributed by atoms with E-state index in [4.69, 9.17) is 0 Å². The van der Waals surface area contributed by atoms with E-state index >= 15 is 0 Å². The Morgan fingerprint density at radius 1 is 1.23 bits per heavy atom. The number of thioether (sulfide) groups is 1. The van der Waals surface area contributed by atoms with Crippen LogP contribution in [-0.4, -0.2) is 23.8 Å². The molecule has 0 amide bonds. The molecular formula is C8H16F3NS. The molecule has 0 fully saturated rings. The summed E-state index contributed by atoms with van der Waals surface area (Å²) in [5, 5.41) is 3.07. The third-order valence-corrected chi connectivity index (χ3v) is 2.52. The molecule has 1 N–H and O–H groups in total. The van der Waals surface area contributed by atoms with Crippen molar-refractivity contribution in [2.24, 2.45) is 0 Å². The first kappa shape index (κ1) is 13.1. The molecule has 0 aliphatic rings. The highest BCUT2D eigenvalue weighted by molar-refractivity contribution is 8.00. The predicted octanol–water partition coefficient (Wildman–Crippen LogP) is 3.02. The molecule has 0 aromatic rings. The van der Waals surface area contributed by atoms with E-state index in [0.29, 0.717) is 12.6 Å². The zero-order valence-electron chi connectivity index (χ0n) is 7.95. The van der Waals surface area contributed by atoms with Gasteiger partial charge in [-0.2, -0.15) is 13.2 Å². The average Bonchev–Trinajstić information content (AvgIpc) is 2.03. The maximum absolute atomic E-state index is 11.7. The van der Waals surface area contributed by atoms with Crippen molar-refractivity contribution in [2.75, 3.05) is 12.3 Å². The van der Waals surface area contributed by atoms with Gasteiger partial charge in [-0.05, 0) is 24.6 Å². The van der Waals surface area contributed by atoms with Crippen LogP contribution < -0.4 is 5.32 Å². The second-order valence-electron chi connectivity index (χ2n) is 2.76. The summed E-state index contributed by atoms with van der Waals surface area (Å²) in [6.45, 7) is 4.48. The van der Waals surface area contributed by atoms with Crippen LogP contribution >= 0.6 is 11.8 Å². The summed E-state index contributed by atoms with van der Waals surface area (Å²) in [7, 11) is 0. The van der Waals surface area contributed by atoms with Crippen molar-refractivity contribution in [1.82, 2.24) is 5.32 Å². The van der Waals surface area contributed by atoms with E-state index in [1.807, 2.05) is 13.8 Å². The van der Waals surface area contributed by atoms with Gasteiger partial charge in [0.2, 0.25) is 0 Å². The Hall–Kier alpha value is 0.100. The Balaban J connectivity index is 3.34. The van der Waals surface area contributed by atoms with Gasteiger partial charge in [-0.1, -0.05) is 13.8 Å². The van der Waals surface area contributed by atoms with Gasteiger partial charge in [0.1, 0.15) is 0 Å². The summed E-state index contributed by atoms with van der Waals surface area (Å²) in [5.74, 6) is 0.0972. The largest absolute Gasteiger partial charge is 0.441 e. The van der Waals surface area contributed by atoms with Gasteiger partial charge >= 0.3 is 5.51 Å². The molecule has 0 atom stereocenters. The maximum atomic E-state index is 11.7. The van der Waals surface area contributed by atoms with Crippen molar-refractivity contribution in [3.63, 3.8) is 0 Å². The Labute approximate surface area is 81.5 Å². The standard InChI is InChI=1S/C8H16F3NS/c1-3-7(4-2)12-5-6-13-8(9,10)11/h7,12H,3-6H2,1-2H3. The highest BCUT2D eigenvalue weighted by atomic mass is 32.2. The van der Waals surface area contributed by atoms with Gasteiger partial charge in [0, 0.05) is 18.3 Å². The Kier molecular flexibility index (Phi) is 6.59. The van der Waals surface area contributed by atoms with Crippen LogP contribution in [0, 0.1) is 0 Å². The number of rotatable bonds is 6. The van der Waals surface area contributed by atoms with E-state index < -0.39 is 5.51 Å². The first-order chi connectivity index (χ1) is 5.99. The third kappa shape index (κ3) is 8.43. The minimum atomic E-state index is -4.09. The van der Waals surface area contributed by atoms with Crippen molar-refractivity contribution in [3.8, 4) is 0 Å². The highest BCUT2D eigenvalue weighted by Crippen LogP contribution is 2.29. The first-order valence-electron chi connectivity index (χ1n) is 4.43. The zero-order valence-corrected chi connectivity index (χ0v) is 8.76. The molecule has 1 nitrogen and oxygen atoms in total. The van der Waals surface area contributed by atoms with Crippen molar-refractivity contribution in [3.05, 3.63) is 0 Å². The number of nitrogens with one attached hydrogen (secondary N) is 1. The number of hydrogen-bond acceptors (Lipinski definition) is 2. The molecule has 5 heteroatoms. The summed E-state index contributed by atoms with van der Waals surface area (Å²) < 4.78 is 35.0. The average molecular weight is 215 g/mol. The number of hydrogen-bond donors (Lipinski definition) is 1. The maximum Gasteiger partial charge on any atom is 0.441 e. The summed E-state index contributed by atoms with van der Waals surface area (Å²) in [4.78, 5) is 0. The summed E-state index contributed by atoms with van der Waals surface area (Å²) in [6.07, 6.45) is 1.93. The van der Waals surface area contributed by atoms with Gasteiger partial charge in [-0.15, -0.1) is 0 Å². The lowest BCUT2D eigenvalue weighted by Crippen LogP contribution is -2.30. The zero-order chi connectivity index (χ0) is 10.3. The Bertz CT molecular complexity index is 123. The molecule has 0 unspecified atom stereocenters. The van der Waals surface area contributed by atoms with Gasteiger partial charge in [0.25, 0.3) is 0 Å². The van der Waals surface area contributed by atoms with Crippen LogP contribution in [0.1, 0.15) is 26.7 Å². The Morgan fingerprint density at radius 2 is 1.77 bits per heavy atom. The van der Waals surface area contributed by atoms with Gasteiger partial charge in [0.05, 0.1) is 0 Å². The minimum absolute atomic E-state index is 0.0340. The second kappa shape index (κ2) is 6.54. The molecule has 80 valence electrons. The van der Waals surface area contributed by atoms with E-state index in [1.165, 1.54) is 0 Å². The van der Waals surface area contributed by atoms with Crippen LogP contribution in [0.2, 0.25) is 0 Å². The fraction of sp³-hybridized carbons (Fsp3) is 1.00. The van der Waals surface area contributed by atoms with Crippen molar-refractivity contribution in [2.45, 2.75) is 38.2 Å². The van der Waals surface area contributed by atoms with E-state index in [0.717, 1.165) is 12.8 Å². The SMILES string of the molecule is CCC(CC)NCCSC(F)(F)F. The quantitative estimate of drug-likeness (QED) is 0.683. The van der Waals surface area contributed by atoms with Crippen molar-refractivity contribution < 1.29 is 13.2 Å². The van der Waals surface area contributed by atoms with Crippen LogP contribution in [0.4, 0.5) is 13.2 Å². The van der Waals surface area contributed by atoms with Gasteiger partial charge in [-0.3, -0.25) is 0 Å². The monoisotopic (exact) mass is 215 g/mol. The predicted molar refractivity (Wildman–Crippen MR) is 50.9 cm³/mol. The Morgan fingerprint density at radius 3 is 2.15 bits per heavy atom. The number of alkyl halides is 3. The molecule has 0 aliphatic carbocycles. The van der Waals surface area contributed by atoms with Crippen LogP contribution in [0.5, 0.6) is 0 Å². The molecule has 0 aliphatic heterocycles. The molecule has 0 spiro atoms. The summed E-state index contributed by atoms with van der Waals surface area (Å²) in [5.41, 5.74) is -4.09. The fourth-order valence-electron chi connectivity index (χ4n) is 1.01. The molecule has 0 saturated heterocycles. The van der Waals surface area contributed by atoms with Crippen LogP contribution in [0.25, 0.3) is 0 Å².